The van der Waals surface area contributed by atoms with Crippen LogP contribution in [0, 0.1) is 5.41 Å². The Balaban J connectivity index is 1.64. The zero-order valence-corrected chi connectivity index (χ0v) is 19.6. The van der Waals surface area contributed by atoms with E-state index in [9.17, 15) is 5.11 Å². The highest BCUT2D eigenvalue weighted by Crippen LogP contribution is 2.43. The molecule has 4 nitrogen and oxygen atoms in total. The Morgan fingerprint density at radius 2 is 2.00 bits per heavy atom. The van der Waals surface area contributed by atoms with Gasteiger partial charge in [-0.2, -0.15) is 5.10 Å². The molecule has 3 aromatic rings. The molecule has 0 aliphatic heterocycles. The lowest BCUT2D eigenvalue weighted by molar-refractivity contribution is 0.0366. The largest absolute Gasteiger partial charge is 0.390 e. The highest BCUT2D eigenvalue weighted by molar-refractivity contribution is 7.18. The maximum Gasteiger partial charge on any atom is 0.127 e. The van der Waals surface area contributed by atoms with Gasteiger partial charge in [0, 0.05) is 18.8 Å². The monoisotopic (exact) mass is 433 g/mol. The third-order valence-corrected chi connectivity index (χ3v) is 7.49. The molecule has 162 valence electrons. The second-order valence-electron chi connectivity index (χ2n) is 9.17. The van der Waals surface area contributed by atoms with Crippen molar-refractivity contribution in [2.45, 2.75) is 52.1 Å². The fraction of sp³-hybridized carbons (Fsp3) is 0.385. The van der Waals surface area contributed by atoms with Crippen molar-refractivity contribution in [3.8, 4) is 21.0 Å². The van der Waals surface area contributed by atoms with E-state index >= 15 is 0 Å². The highest BCUT2D eigenvalue weighted by atomic mass is 32.1. The van der Waals surface area contributed by atoms with Gasteiger partial charge in [-0.25, -0.2) is 4.98 Å². The minimum absolute atomic E-state index is 0.0672. The van der Waals surface area contributed by atoms with Crippen LogP contribution in [0.2, 0.25) is 0 Å². The van der Waals surface area contributed by atoms with E-state index in [4.69, 9.17) is 4.98 Å². The van der Waals surface area contributed by atoms with Gasteiger partial charge in [0.05, 0.1) is 22.4 Å². The average Bonchev–Trinajstić information content (AvgIpc) is 3.40. The van der Waals surface area contributed by atoms with E-state index in [2.05, 4.69) is 54.5 Å². The molecule has 0 fully saturated rings. The molecule has 0 bridgehead atoms. The van der Waals surface area contributed by atoms with Crippen LogP contribution in [0.5, 0.6) is 0 Å². The van der Waals surface area contributed by atoms with Gasteiger partial charge >= 0.3 is 0 Å². The molecule has 2 atom stereocenters. The van der Waals surface area contributed by atoms with E-state index in [0.717, 1.165) is 41.9 Å². The van der Waals surface area contributed by atoms with Crippen LogP contribution in [-0.2, 0) is 7.05 Å². The highest BCUT2D eigenvalue weighted by Gasteiger charge is 2.28. The van der Waals surface area contributed by atoms with Crippen molar-refractivity contribution >= 4 is 16.9 Å². The molecule has 0 spiro atoms. The van der Waals surface area contributed by atoms with Crippen LogP contribution in [0.15, 0.2) is 61.0 Å². The maximum absolute atomic E-state index is 10.4. The molecule has 2 unspecified atom stereocenters. The minimum Gasteiger partial charge on any atom is -0.390 e. The van der Waals surface area contributed by atoms with E-state index in [0.29, 0.717) is 0 Å². The van der Waals surface area contributed by atoms with Gasteiger partial charge in [-0.3, -0.25) is 4.68 Å². The number of aryl methyl sites for hydroxylation is 1. The molecule has 1 aromatic carbocycles. The standard InChI is InChI=1S/C26H31N3OS/c1-5-26(3,30)16-15-25(2)13-11-19(12-14-25)22-23(20-9-7-6-8-10-20)31-24(28-22)21-17-27-29(4)18-21/h6-13,17-18,30H,5,14-16H2,1-4H3. The number of aromatic nitrogens is 3. The van der Waals surface area contributed by atoms with Crippen LogP contribution in [0.1, 0.15) is 52.1 Å². The van der Waals surface area contributed by atoms with Crippen molar-refractivity contribution in [1.29, 1.82) is 0 Å². The van der Waals surface area contributed by atoms with Gasteiger partial charge in [0.25, 0.3) is 0 Å². The first kappa shape index (κ1) is 21.7. The Morgan fingerprint density at radius 1 is 1.23 bits per heavy atom. The molecule has 2 heterocycles. The van der Waals surface area contributed by atoms with Crippen molar-refractivity contribution in [1.82, 2.24) is 14.8 Å². The first-order valence-electron chi connectivity index (χ1n) is 11.0. The van der Waals surface area contributed by atoms with Crippen LogP contribution in [0.3, 0.4) is 0 Å². The fourth-order valence-corrected chi connectivity index (χ4v) is 4.89. The van der Waals surface area contributed by atoms with Gasteiger partial charge in [-0.1, -0.05) is 62.4 Å². The van der Waals surface area contributed by atoms with E-state index in [-0.39, 0.29) is 5.41 Å². The summed E-state index contributed by atoms with van der Waals surface area (Å²) in [4.78, 5) is 6.23. The Kier molecular flexibility index (Phi) is 6.00. The van der Waals surface area contributed by atoms with Gasteiger partial charge in [0.1, 0.15) is 5.01 Å². The molecule has 0 radical (unpaired) electrons. The quantitative estimate of drug-likeness (QED) is 0.462. The molecular weight excluding hydrogens is 402 g/mol. The van der Waals surface area contributed by atoms with Gasteiger partial charge in [0.2, 0.25) is 0 Å². The number of allylic oxidation sites excluding steroid dienone is 4. The lowest BCUT2D eigenvalue weighted by Gasteiger charge is -2.31. The van der Waals surface area contributed by atoms with Gasteiger partial charge in [-0.15, -0.1) is 11.3 Å². The summed E-state index contributed by atoms with van der Waals surface area (Å²) in [5.74, 6) is 0. The zero-order valence-electron chi connectivity index (χ0n) is 18.8. The minimum atomic E-state index is -0.588. The van der Waals surface area contributed by atoms with Crippen LogP contribution < -0.4 is 0 Å². The predicted molar refractivity (Wildman–Crippen MR) is 130 cm³/mol. The second kappa shape index (κ2) is 8.56. The Hall–Kier alpha value is -2.50. The lowest BCUT2D eigenvalue weighted by atomic mass is 9.75. The topological polar surface area (TPSA) is 50.9 Å². The summed E-state index contributed by atoms with van der Waals surface area (Å²) in [7, 11) is 1.93. The van der Waals surface area contributed by atoms with Crippen molar-refractivity contribution in [3.63, 3.8) is 0 Å². The number of hydrogen-bond donors (Lipinski definition) is 1. The number of hydrogen-bond acceptors (Lipinski definition) is 4. The molecule has 5 heteroatoms. The van der Waals surface area contributed by atoms with E-state index in [1.807, 2.05) is 44.0 Å². The smallest absolute Gasteiger partial charge is 0.127 e. The van der Waals surface area contributed by atoms with Crippen molar-refractivity contribution in [2.75, 3.05) is 0 Å². The van der Waals surface area contributed by atoms with E-state index in [1.54, 1.807) is 11.3 Å². The van der Waals surface area contributed by atoms with Gasteiger partial charge in [-0.05, 0) is 49.2 Å². The first-order valence-corrected chi connectivity index (χ1v) is 11.8. The summed E-state index contributed by atoms with van der Waals surface area (Å²) in [5.41, 5.74) is 3.92. The molecule has 31 heavy (non-hydrogen) atoms. The molecular formula is C26H31N3OS. The van der Waals surface area contributed by atoms with Crippen molar-refractivity contribution in [3.05, 3.63) is 66.6 Å². The third-order valence-electron chi connectivity index (χ3n) is 6.34. The second-order valence-corrected chi connectivity index (χ2v) is 10.2. The molecule has 1 aliphatic carbocycles. The molecule has 2 aromatic heterocycles. The van der Waals surface area contributed by atoms with E-state index in [1.165, 1.54) is 16.0 Å². The Bertz CT molecular complexity index is 1110. The number of nitrogens with zero attached hydrogens (tertiary/aromatic N) is 3. The lowest BCUT2D eigenvalue weighted by Crippen LogP contribution is -2.26. The summed E-state index contributed by atoms with van der Waals surface area (Å²) in [6.45, 7) is 6.26. The molecule has 0 amide bonds. The Labute approximate surface area is 189 Å². The van der Waals surface area contributed by atoms with E-state index < -0.39 is 5.60 Å². The average molecular weight is 434 g/mol. The number of rotatable bonds is 7. The summed E-state index contributed by atoms with van der Waals surface area (Å²) < 4.78 is 1.81. The Morgan fingerprint density at radius 3 is 2.61 bits per heavy atom. The van der Waals surface area contributed by atoms with Gasteiger partial charge < -0.3 is 5.11 Å². The molecule has 0 saturated heterocycles. The molecule has 1 aliphatic rings. The summed E-state index contributed by atoms with van der Waals surface area (Å²) in [6.07, 6.45) is 14.2. The number of benzene rings is 1. The van der Waals surface area contributed by atoms with Crippen LogP contribution in [0.4, 0.5) is 0 Å². The molecule has 0 saturated carbocycles. The summed E-state index contributed by atoms with van der Waals surface area (Å²) in [6, 6.07) is 10.5. The van der Waals surface area contributed by atoms with Crippen LogP contribution in [-0.4, -0.2) is 25.5 Å². The summed E-state index contributed by atoms with van der Waals surface area (Å²) >= 11 is 1.72. The number of thiazole rings is 1. The maximum atomic E-state index is 10.4. The normalized spacial score (nSPS) is 20.5. The third kappa shape index (κ3) is 4.89. The van der Waals surface area contributed by atoms with Crippen LogP contribution in [0.25, 0.3) is 26.6 Å². The fourth-order valence-electron chi connectivity index (χ4n) is 3.82. The zero-order chi connectivity index (χ0) is 22.1. The van der Waals surface area contributed by atoms with Crippen molar-refractivity contribution < 1.29 is 5.11 Å². The molecule has 4 rings (SSSR count). The summed E-state index contributed by atoms with van der Waals surface area (Å²) in [5, 5.41) is 15.7. The molecule has 1 N–H and O–H groups in total. The predicted octanol–water partition coefficient (Wildman–Crippen LogP) is 6.50. The SMILES string of the molecule is CCC(C)(O)CCC1(C)C=CC(c2nc(-c3cnn(C)c3)sc2-c2ccccc2)=CC1. The van der Waals surface area contributed by atoms with Crippen LogP contribution >= 0.6 is 11.3 Å². The van der Waals surface area contributed by atoms with Gasteiger partial charge in [0.15, 0.2) is 0 Å². The number of aliphatic hydroxyl groups is 1. The first-order chi connectivity index (χ1) is 14.8. The van der Waals surface area contributed by atoms with Crippen molar-refractivity contribution in [2.24, 2.45) is 12.5 Å².